The van der Waals surface area contributed by atoms with E-state index < -0.39 is 0 Å². The number of aryl methyl sites for hydroxylation is 2. The number of imidazole rings is 1. The molecule has 0 radical (unpaired) electrons. The van der Waals surface area contributed by atoms with Crippen molar-refractivity contribution in [2.24, 2.45) is 7.05 Å². The lowest BCUT2D eigenvalue weighted by atomic mass is 10.1. The second-order valence-corrected chi connectivity index (χ2v) is 6.35. The van der Waals surface area contributed by atoms with Crippen LogP contribution in [0.1, 0.15) is 5.56 Å². The summed E-state index contributed by atoms with van der Waals surface area (Å²) in [7, 11) is 3.36. The van der Waals surface area contributed by atoms with Crippen molar-refractivity contribution in [3.63, 3.8) is 0 Å². The first-order chi connectivity index (χ1) is 13.5. The first-order valence-electron chi connectivity index (χ1n) is 8.66. The molecule has 0 bridgehead atoms. The molecule has 0 amide bonds. The molecule has 0 atom stereocenters. The Hall–Kier alpha value is -3.68. The first-order valence-corrected chi connectivity index (χ1v) is 8.66. The summed E-state index contributed by atoms with van der Waals surface area (Å²) in [6.07, 6.45) is 5.25. The van der Waals surface area contributed by atoms with Gasteiger partial charge in [0.05, 0.1) is 24.8 Å². The number of hydrogen-bond acceptors (Lipinski definition) is 5. The van der Waals surface area contributed by atoms with Gasteiger partial charge in [0.2, 0.25) is 5.95 Å². The van der Waals surface area contributed by atoms with Crippen molar-refractivity contribution >= 4 is 11.6 Å². The molecule has 4 rings (SSSR count). The summed E-state index contributed by atoms with van der Waals surface area (Å²) in [4.78, 5) is 8.58. The Morgan fingerprint density at radius 3 is 2.75 bits per heavy atom. The maximum absolute atomic E-state index is 14.1. The molecule has 0 unspecified atom stereocenters. The maximum atomic E-state index is 14.1. The first kappa shape index (κ1) is 17.7. The minimum absolute atomic E-state index is 0.346. The lowest BCUT2D eigenvalue weighted by Crippen LogP contribution is -2.02. The van der Waals surface area contributed by atoms with Crippen molar-refractivity contribution < 1.29 is 9.13 Å². The van der Waals surface area contributed by atoms with E-state index in [4.69, 9.17) is 4.74 Å². The fourth-order valence-corrected chi connectivity index (χ4v) is 2.90. The SMILES string of the molecule is COc1cc(-c2nc(Nc3cc(C)ccc3F)n(C)n2)ccc1-n1ccnc1. The molecule has 1 N–H and O–H groups in total. The Balaban J connectivity index is 1.67. The molecule has 0 aliphatic rings. The minimum atomic E-state index is -0.346. The molecule has 28 heavy (non-hydrogen) atoms. The zero-order valence-electron chi connectivity index (χ0n) is 15.7. The summed E-state index contributed by atoms with van der Waals surface area (Å²) in [5, 5.41) is 7.45. The fourth-order valence-electron chi connectivity index (χ4n) is 2.90. The molecule has 0 spiro atoms. The van der Waals surface area contributed by atoms with Crippen molar-refractivity contribution in [1.82, 2.24) is 24.3 Å². The summed E-state index contributed by atoms with van der Waals surface area (Å²) in [5.74, 6) is 1.27. The van der Waals surface area contributed by atoms with Crippen molar-refractivity contribution in [1.29, 1.82) is 0 Å². The molecule has 0 aliphatic carbocycles. The van der Waals surface area contributed by atoms with Crippen molar-refractivity contribution in [2.45, 2.75) is 6.92 Å². The van der Waals surface area contributed by atoms with Gasteiger partial charge in [-0.2, -0.15) is 4.98 Å². The normalized spacial score (nSPS) is 10.9. The number of aromatic nitrogens is 5. The highest BCUT2D eigenvalue weighted by Crippen LogP contribution is 2.29. The van der Waals surface area contributed by atoms with Crippen LogP contribution in [0.25, 0.3) is 17.1 Å². The van der Waals surface area contributed by atoms with Crippen LogP contribution < -0.4 is 10.1 Å². The second-order valence-electron chi connectivity index (χ2n) is 6.35. The number of benzene rings is 2. The number of nitrogens with zero attached hydrogens (tertiary/aromatic N) is 5. The summed E-state index contributed by atoms with van der Waals surface area (Å²) in [6.45, 7) is 1.90. The molecule has 2 aromatic carbocycles. The third kappa shape index (κ3) is 3.32. The number of rotatable bonds is 5. The molecule has 7 nitrogen and oxygen atoms in total. The topological polar surface area (TPSA) is 69.8 Å². The standard InChI is InChI=1S/C20H19FN6O/c1-13-4-6-15(21)16(10-13)23-20-24-19(25-26(20)2)14-5-7-17(18(11-14)28-3)27-9-8-22-12-27/h4-12H,1-3H3,(H,23,24,25). The summed E-state index contributed by atoms with van der Waals surface area (Å²) >= 11 is 0. The molecule has 8 heteroatoms. The van der Waals surface area contributed by atoms with Crippen LogP contribution in [0.2, 0.25) is 0 Å². The quantitative estimate of drug-likeness (QED) is 0.571. The van der Waals surface area contributed by atoms with E-state index >= 15 is 0 Å². The molecule has 0 saturated carbocycles. The van der Waals surface area contributed by atoms with E-state index in [2.05, 4.69) is 20.4 Å². The predicted molar refractivity (Wildman–Crippen MR) is 105 cm³/mol. The number of anilines is 2. The lowest BCUT2D eigenvalue weighted by Gasteiger charge is -2.10. The molecule has 142 valence electrons. The van der Waals surface area contributed by atoms with Crippen LogP contribution in [-0.4, -0.2) is 31.4 Å². The van der Waals surface area contributed by atoms with E-state index in [1.54, 1.807) is 43.5 Å². The molecule has 2 heterocycles. The second kappa shape index (κ2) is 7.15. The Morgan fingerprint density at radius 1 is 1.14 bits per heavy atom. The van der Waals surface area contributed by atoms with E-state index in [1.807, 2.05) is 35.9 Å². The van der Waals surface area contributed by atoms with Gasteiger partial charge >= 0.3 is 0 Å². The summed E-state index contributed by atoms with van der Waals surface area (Å²) in [6, 6.07) is 10.6. The van der Waals surface area contributed by atoms with Crippen LogP contribution in [0, 0.1) is 12.7 Å². The van der Waals surface area contributed by atoms with Crippen molar-refractivity contribution in [2.75, 3.05) is 12.4 Å². The van der Waals surface area contributed by atoms with Gasteiger partial charge in [-0.1, -0.05) is 6.07 Å². The molecule has 4 aromatic rings. The van der Waals surface area contributed by atoms with Gasteiger partial charge in [-0.25, -0.2) is 14.1 Å². The number of halogens is 1. The lowest BCUT2D eigenvalue weighted by molar-refractivity contribution is 0.413. The van der Waals surface area contributed by atoms with Gasteiger partial charge < -0.3 is 14.6 Å². The maximum Gasteiger partial charge on any atom is 0.226 e. The molecule has 0 aliphatic heterocycles. The molecular formula is C20H19FN6O. The largest absolute Gasteiger partial charge is 0.495 e. The van der Waals surface area contributed by atoms with Crippen LogP contribution in [0.15, 0.2) is 55.1 Å². The highest BCUT2D eigenvalue weighted by Gasteiger charge is 2.14. The molecule has 0 saturated heterocycles. The zero-order chi connectivity index (χ0) is 19.7. The van der Waals surface area contributed by atoms with Crippen LogP contribution in [0.4, 0.5) is 16.0 Å². The van der Waals surface area contributed by atoms with Crippen LogP contribution >= 0.6 is 0 Å². The van der Waals surface area contributed by atoms with Crippen LogP contribution in [-0.2, 0) is 7.05 Å². The highest BCUT2D eigenvalue weighted by atomic mass is 19.1. The molecule has 0 fully saturated rings. The summed E-state index contributed by atoms with van der Waals surface area (Å²) < 4.78 is 23.0. The third-order valence-electron chi connectivity index (χ3n) is 4.35. The Morgan fingerprint density at radius 2 is 2.00 bits per heavy atom. The van der Waals surface area contributed by atoms with Crippen LogP contribution in [0.5, 0.6) is 5.75 Å². The number of methoxy groups -OCH3 is 1. The Bertz CT molecular complexity index is 1120. The van der Waals surface area contributed by atoms with Gasteiger partial charge in [0.15, 0.2) is 5.82 Å². The van der Waals surface area contributed by atoms with Crippen molar-refractivity contribution in [3.8, 4) is 22.8 Å². The highest BCUT2D eigenvalue weighted by molar-refractivity contribution is 5.65. The van der Waals surface area contributed by atoms with E-state index in [0.29, 0.717) is 23.2 Å². The predicted octanol–water partition coefficient (Wildman–Crippen LogP) is 3.87. The van der Waals surface area contributed by atoms with Gasteiger partial charge in [-0.3, -0.25) is 0 Å². The van der Waals surface area contributed by atoms with Gasteiger partial charge in [-0.05, 0) is 42.8 Å². The van der Waals surface area contributed by atoms with Crippen LogP contribution in [0.3, 0.4) is 0 Å². The van der Waals surface area contributed by atoms with E-state index in [9.17, 15) is 4.39 Å². The van der Waals surface area contributed by atoms with E-state index in [1.165, 1.54) is 6.07 Å². The van der Waals surface area contributed by atoms with Gasteiger partial charge in [-0.15, -0.1) is 5.10 Å². The van der Waals surface area contributed by atoms with Crippen molar-refractivity contribution in [3.05, 3.63) is 66.5 Å². The Labute approximate surface area is 161 Å². The smallest absolute Gasteiger partial charge is 0.226 e. The van der Waals surface area contributed by atoms with Gasteiger partial charge in [0.1, 0.15) is 11.6 Å². The summed E-state index contributed by atoms with van der Waals surface area (Å²) in [5.41, 5.74) is 2.95. The van der Waals surface area contributed by atoms with E-state index in [-0.39, 0.29) is 5.82 Å². The zero-order valence-corrected chi connectivity index (χ0v) is 15.7. The monoisotopic (exact) mass is 378 g/mol. The minimum Gasteiger partial charge on any atom is -0.495 e. The number of nitrogens with one attached hydrogen (secondary N) is 1. The van der Waals surface area contributed by atoms with Gasteiger partial charge in [0, 0.05) is 25.0 Å². The van der Waals surface area contributed by atoms with Gasteiger partial charge in [0.25, 0.3) is 0 Å². The number of hydrogen-bond donors (Lipinski definition) is 1. The third-order valence-corrected chi connectivity index (χ3v) is 4.35. The average Bonchev–Trinajstić information content (AvgIpc) is 3.35. The number of ether oxygens (including phenoxy) is 1. The van der Waals surface area contributed by atoms with E-state index in [0.717, 1.165) is 16.8 Å². The average molecular weight is 378 g/mol. The fraction of sp³-hybridized carbons (Fsp3) is 0.150. The Kier molecular flexibility index (Phi) is 4.52. The molecular weight excluding hydrogens is 359 g/mol. The molecule has 2 aromatic heterocycles.